The first-order chi connectivity index (χ1) is 5.94. The molecule has 0 aromatic heterocycles. The Bertz CT molecular complexity index is 236. The van der Waals surface area contributed by atoms with Crippen molar-refractivity contribution in [2.75, 3.05) is 0 Å². The van der Waals surface area contributed by atoms with E-state index in [-0.39, 0.29) is 17.4 Å². The second-order valence-corrected chi connectivity index (χ2v) is 4.21. The molecule has 1 amide bonds. The first-order valence-corrected chi connectivity index (χ1v) is 4.93. The van der Waals surface area contributed by atoms with Gasteiger partial charge in [-0.1, -0.05) is 26.0 Å². The molecule has 1 aliphatic heterocycles. The number of amides is 1. The monoisotopic (exact) mass is 181 g/mol. The number of hydrogen-bond acceptors (Lipinski definition) is 1. The molecule has 0 radical (unpaired) electrons. The van der Waals surface area contributed by atoms with Crippen molar-refractivity contribution in [2.24, 2.45) is 11.3 Å². The molecule has 74 valence electrons. The predicted octanol–water partition coefficient (Wildman–Crippen LogP) is 2.11. The maximum atomic E-state index is 11.7. The van der Waals surface area contributed by atoms with Crippen molar-refractivity contribution in [1.82, 2.24) is 5.32 Å². The zero-order valence-electron chi connectivity index (χ0n) is 8.98. The third kappa shape index (κ3) is 1.28. The number of nitrogens with one attached hydrogen (secondary N) is 1. The van der Waals surface area contributed by atoms with Crippen LogP contribution in [0.15, 0.2) is 12.2 Å². The molecule has 0 spiro atoms. The normalized spacial score (nSPS) is 38.9. The summed E-state index contributed by atoms with van der Waals surface area (Å²) in [6.45, 7) is 12.2. The summed E-state index contributed by atoms with van der Waals surface area (Å²) in [6, 6.07) is 0.265. The molecule has 1 N–H and O–H groups in total. The first-order valence-electron chi connectivity index (χ1n) is 4.93. The van der Waals surface area contributed by atoms with E-state index in [1.54, 1.807) is 0 Å². The van der Waals surface area contributed by atoms with E-state index >= 15 is 0 Å². The summed E-state index contributed by atoms with van der Waals surface area (Å²) >= 11 is 0. The van der Waals surface area contributed by atoms with E-state index in [1.165, 1.54) is 0 Å². The Hall–Kier alpha value is -0.790. The van der Waals surface area contributed by atoms with Crippen LogP contribution in [0.2, 0.25) is 0 Å². The third-order valence-electron chi connectivity index (χ3n) is 3.65. The molecule has 0 aromatic carbocycles. The van der Waals surface area contributed by atoms with Gasteiger partial charge in [-0.05, 0) is 26.2 Å². The van der Waals surface area contributed by atoms with E-state index in [4.69, 9.17) is 0 Å². The molecule has 0 saturated carbocycles. The Morgan fingerprint density at radius 1 is 1.62 bits per heavy atom. The highest BCUT2D eigenvalue weighted by Crippen LogP contribution is 2.42. The van der Waals surface area contributed by atoms with Gasteiger partial charge in [0.15, 0.2) is 0 Å². The number of carbonyl (C=O) groups excluding carboxylic acids is 1. The SMILES string of the molecule is C=C(CC)C1(C)C(=O)NC(C)C1C. The summed E-state index contributed by atoms with van der Waals surface area (Å²) in [5.74, 6) is 0.479. The van der Waals surface area contributed by atoms with Gasteiger partial charge < -0.3 is 5.32 Å². The summed E-state index contributed by atoms with van der Waals surface area (Å²) in [4.78, 5) is 11.7. The lowest BCUT2D eigenvalue weighted by Crippen LogP contribution is -2.32. The molecule has 3 unspecified atom stereocenters. The molecule has 1 aliphatic rings. The second kappa shape index (κ2) is 3.17. The molecule has 2 nitrogen and oxygen atoms in total. The van der Waals surface area contributed by atoms with Gasteiger partial charge in [0.2, 0.25) is 5.91 Å². The molecule has 2 heteroatoms. The van der Waals surface area contributed by atoms with Crippen molar-refractivity contribution >= 4 is 5.91 Å². The maximum absolute atomic E-state index is 11.7. The van der Waals surface area contributed by atoms with Gasteiger partial charge in [0.05, 0.1) is 5.41 Å². The number of carbonyl (C=O) groups is 1. The van der Waals surface area contributed by atoms with Crippen molar-refractivity contribution < 1.29 is 4.79 Å². The molecule has 1 saturated heterocycles. The maximum Gasteiger partial charge on any atom is 0.230 e. The largest absolute Gasteiger partial charge is 0.353 e. The van der Waals surface area contributed by atoms with Crippen LogP contribution in [0.25, 0.3) is 0 Å². The van der Waals surface area contributed by atoms with Crippen LogP contribution in [0.5, 0.6) is 0 Å². The fourth-order valence-corrected chi connectivity index (χ4v) is 2.04. The molecule has 13 heavy (non-hydrogen) atoms. The van der Waals surface area contributed by atoms with Gasteiger partial charge in [0, 0.05) is 6.04 Å². The third-order valence-corrected chi connectivity index (χ3v) is 3.65. The topological polar surface area (TPSA) is 29.1 Å². The summed E-state index contributed by atoms with van der Waals surface area (Å²) in [6.07, 6.45) is 0.876. The van der Waals surface area contributed by atoms with E-state index in [1.807, 2.05) is 6.92 Å². The van der Waals surface area contributed by atoms with Crippen molar-refractivity contribution in [1.29, 1.82) is 0 Å². The van der Waals surface area contributed by atoms with Crippen LogP contribution in [0, 0.1) is 11.3 Å². The highest BCUT2D eigenvalue weighted by atomic mass is 16.2. The standard InChI is InChI=1S/C11H19NO/c1-6-7(2)11(5)8(3)9(4)12-10(11)13/h8-9H,2,6H2,1,3-5H3,(H,12,13). The summed E-state index contributed by atoms with van der Waals surface area (Å²) in [5.41, 5.74) is 0.690. The van der Waals surface area contributed by atoms with Crippen LogP contribution in [-0.4, -0.2) is 11.9 Å². The molecule has 1 rings (SSSR count). The lowest BCUT2D eigenvalue weighted by Gasteiger charge is -2.28. The van der Waals surface area contributed by atoms with E-state index < -0.39 is 0 Å². The molecule has 0 aromatic rings. The first kappa shape index (κ1) is 10.3. The number of rotatable bonds is 2. The number of hydrogen-bond donors (Lipinski definition) is 1. The van der Waals surface area contributed by atoms with Crippen molar-refractivity contribution in [2.45, 2.75) is 40.2 Å². The average Bonchev–Trinajstić information content (AvgIpc) is 2.30. The van der Waals surface area contributed by atoms with Crippen molar-refractivity contribution in [3.8, 4) is 0 Å². The van der Waals surface area contributed by atoms with Gasteiger partial charge in [-0.25, -0.2) is 0 Å². The van der Waals surface area contributed by atoms with E-state index in [0.29, 0.717) is 5.92 Å². The van der Waals surface area contributed by atoms with E-state index in [2.05, 4.69) is 32.7 Å². The van der Waals surface area contributed by atoms with Crippen LogP contribution in [0.1, 0.15) is 34.1 Å². The van der Waals surface area contributed by atoms with E-state index in [9.17, 15) is 4.79 Å². The predicted molar refractivity (Wildman–Crippen MR) is 54.3 cm³/mol. The van der Waals surface area contributed by atoms with Crippen molar-refractivity contribution in [3.05, 3.63) is 12.2 Å². The summed E-state index contributed by atoms with van der Waals surface area (Å²) in [7, 11) is 0. The minimum atomic E-state index is -0.353. The van der Waals surface area contributed by atoms with Crippen LogP contribution < -0.4 is 5.32 Å². The molecule has 0 aliphatic carbocycles. The van der Waals surface area contributed by atoms with Crippen LogP contribution in [-0.2, 0) is 4.79 Å². The molecule has 0 bridgehead atoms. The highest BCUT2D eigenvalue weighted by molar-refractivity contribution is 5.88. The fourth-order valence-electron chi connectivity index (χ4n) is 2.04. The minimum Gasteiger partial charge on any atom is -0.353 e. The van der Waals surface area contributed by atoms with Gasteiger partial charge in [-0.2, -0.15) is 0 Å². The van der Waals surface area contributed by atoms with Gasteiger partial charge in [0.1, 0.15) is 0 Å². The van der Waals surface area contributed by atoms with Crippen LogP contribution in [0.4, 0.5) is 0 Å². The Balaban J connectivity index is 3.00. The van der Waals surface area contributed by atoms with E-state index in [0.717, 1.165) is 12.0 Å². The molecule has 1 fully saturated rings. The molecular formula is C11H19NO. The van der Waals surface area contributed by atoms with Gasteiger partial charge in [0.25, 0.3) is 0 Å². The molecule has 1 heterocycles. The molecular weight excluding hydrogens is 162 g/mol. The van der Waals surface area contributed by atoms with Crippen LogP contribution in [0.3, 0.4) is 0 Å². The van der Waals surface area contributed by atoms with Crippen molar-refractivity contribution in [3.63, 3.8) is 0 Å². The zero-order chi connectivity index (χ0) is 10.2. The average molecular weight is 181 g/mol. The zero-order valence-corrected chi connectivity index (χ0v) is 8.98. The van der Waals surface area contributed by atoms with Gasteiger partial charge in [-0.15, -0.1) is 0 Å². The lowest BCUT2D eigenvalue weighted by molar-refractivity contribution is -0.126. The lowest BCUT2D eigenvalue weighted by atomic mass is 9.72. The Morgan fingerprint density at radius 2 is 2.15 bits per heavy atom. The minimum absolute atomic E-state index is 0.138. The van der Waals surface area contributed by atoms with Gasteiger partial charge in [-0.3, -0.25) is 4.79 Å². The molecule has 3 atom stereocenters. The van der Waals surface area contributed by atoms with Crippen LogP contribution >= 0.6 is 0 Å². The summed E-state index contributed by atoms with van der Waals surface area (Å²) in [5, 5.41) is 2.97. The Kier molecular flexibility index (Phi) is 2.51. The summed E-state index contributed by atoms with van der Waals surface area (Å²) < 4.78 is 0. The fraction of sp³-hybridized carbons (Fsp3) is 0.727. The smallest absolute Gasteiger partial charge is 0.230 e. The Morgan fingerprint density at radius 3 is 2.46 bits per heavy atom. The second-order valence-electron chi connectivity index (χ2n) is 4.21. The Labute approximate surface area is 80.4 Å². The highest BCUT2D eigenvalue weighted by Gasteiger charge is 2.48. The van der Waals surface area contributed by atoms with Gasteiger partial charge >= 0.3 is 0 Å². The quantitative estimate of drug-likeness (QED) is 0.649.